The Bertz CT molecular complexity index is 1370. The van der Waals surface area contributed by atoms with Crippen LogP contribution in [0.3, 0.4) is 0 Å². The minimum Gasteiger partial charge on any atom is -0.508 e. The first-order valence-corrected chi connectivity index (χ1v) is 13.3. The van der Waals surface area contributed by atoms with E-state index in [4.69, 9.17) is 9.53 Å². The largest absolute Gasteiger partial charge is 0.508 e. The lowest BCUT2D eigenvalue weighted by Crippen LogP contribution is -2.19. The maximum atomic E-state index is 13.2. The van der Waals surface area contributed by atoms with E-state index in [9.17, 15) is 31.8 Å². The van der Waals surface area contributed by atoms with Crippen LogP contribution in [0.5, 0.6) is 17.2 Å². The number of phenolic OH excluding ortho intramolecular Hbond substituents is 2. The summed E-state index contributed by atoms with van der Waals surface area (Å²) in [4.78, 5) is 10.6. The third-order valence-electron chi connectivity index (χ3n) is 5.40. The minimum atomic E-state index is -4.64. The zero-order valence-electron chi connectivity index (χ0n) is 22.1. The number of ether oxygens (including phenoxy) is 1. The number of carbonyl (C=O) groups excluding carboxylic acids is 1. The van der Waals surface area contributed by atoms with Crippen molar-refractivity contribution in [1.82, 2.24) is 19.7 Å². The fourth-order valence-corrected chi connectivity index (χ4v) is 4.83. The van der Waals surface area contributed by atoms with Gasteiger partial charge in [-0.3, -0.25) is 9.36 Å². The first-order valence-electron chi connectivity index (χ1n) is 11.7. The van der Waals surface area contributed by atoms with E-state index in [1.807, 2.05) is 32.8 Å². The van der Waals surface area contributed by atoms with Crippen LogP contribution in [0.4, 0.5) is 13.2 Å². The van der Waals surface area contributed by atoms with Crippen molar-refractivity contribution in [2.24, 2.45) is 0 Å². The summed E-state index contributed by atoms with van der Waals surface area (Å²) >= 11 is 0. The van der Waals surface area contributed by atoms with E-state index in [1.165, 1.54) is 10.6 Å². The molecule has 0 aliphatic heterocycles. The number of benzene rings is 2. The molecule has 10 nitrogen and oxygen atoms in total. The summed E-state index contributed by atoms with van der Waals surface area (Å²) in [5, 5.41) is 28.8. The van der Waals surface area contributed by atoms with E-state index in [2.05, 4.69) is 10.2 Å². The second kappa shape index (κ2) is 12.9. The molecule has 39 heavy (non-hydrogen) atoms. The lowest BCUT2D eigenvalue weighted by atomic mass is 9.98. The number of hydrogen-bond donors (Lipinski definition) is 2. The van der Waals surface area contributed by atoms with Gasteiger partial charge in [0.05, 0.1) is 24.1 Å². The van der Waals surface area contributed by atoms with Gasteiger partial charge in [0.2, 0.25) is 16.1 Å². The van der Waals surface area contributed by atoms with Crippen molar-refractivity contribution in [3.63, 3.8) is 0 Å². The van der Waals surface area contributed by atoms with Gasteiger partial charge in [-0.1, -0.05) is 13.8 Å². The van der Waals surface area contributed by atoms with Gasteiger partial charge < -0.3 is 19.8 Å². The molecule has 0 saturated carbocycles. The van der Waals surface area contributed by atoms with Crippen LogP contribution in [0.2, 0.25) is 0 Å². The third-order valence-corrected chi connectivity index (χ3v) is 7.05. The molecule has 3 aromatic rings. The van der Waals surface area contributed by atoms with E-state index in [0.29, 0.717) is 30.0 Å². The maximum absolute atomic E-state index is 13.2. The zero-order chi connectivity index (χ0) is 29.5. The summed E-state index contributed by atoms with van der Waals surface area (Å²) < 4.78 is 64.3. The van der Waals surface area contributed by atoms with Crippen LogP contribution in [0.1, 0.15) is 31.7 Å². The van der Waals surface area contributed by atoms with E-state index < -0.39 is 22.3 Å². The SMILES string of the molecule is COc1ccc(-n2c(-c3cc(C(C)C)c(O)cc3O)nnc2S(=O)(=O)CCCN(C)C)cc1.O=CC(F)(F)F. The highest BCUT2D eigenvalue weighted by Gasteiger charge is 2.28. The van der Waals surface area contributed by atoms with Crippen LogP contribution in [-0.2, 0) is 14.6 Å². The Kier molecular flexibility index (Phi) is 10.5. The third kappa shape index (κ3) is 8.42. The molecule has 0 radical (unpaired) electrons. The van der Waals surface area contributed by atoms with Gasteiger partial charge >= 0.3 is 6.18 Å². The molecule has 0 atom stereocenters. The standard InChI is InChI=1S/C23H30N4O5S.C2HF3O/c1-15(2)18-13-19(21(29)14-20(18)28)22-24-25-23(33(30,31)12-6-11-26(3)4)27(22)16-7-9-17(32-5)10-8-16;3-2(4,5)1-6/h7-10,13-15,28-29H,6,11-12H2,1-5H3;1H. The van der Waals surface area contributed by atoms with Crippen LogP contribution in [-0.4, -0.2) is 84.3 Å². The predicted molar refractivity (Wildman–Crippen MR) is 138 cm³/mol. The topological polar surface area (TPSA) is 135 Å². The van der Waals surface area contributed by atoms with Gasteiger partial charge in [0.15, 0.2) is 5.82 Å². The Hall–Kier alpha value is -3.65. The van der Waals surface area contributed by atoms with Gasteiger partial charge in [-0.05, 0) is 68.9 Å². The first-order chi connectivity index (χ1) is 18.1. The van der Waals surface area contributed by atoms with Crippen molar-refractivity contribution in [3.8, 4) is 34.3 Å². The molecule has 2 aromatic carbocycles. The number of aldehydes is 1. The highest BCUT2D eigenvalue weighted by molar-refractivity contribution is 7.91. The first kappa shape index (κ1) is 31.6. The lowest BCUT2D eigenvalue weighted by Gasteiger charge is -2.15. The van der Waals surface area contributed by atoms with Crippen molar-refractivity contribution >= 4 is 16.1 Å². The Morgan fingerprint density at radius 1 is 1.08 bits per heavy atom. The van der Waals surface area contributed by atoms with Gasteiger partial charge in [0.1, 0.15) is 17.2 Å². The molecule has 3 rings (SSSR count). The molecule has 214 valence electrons. The Balaban J connectivity index is 0.000000798. The minimum absolute atomic E-state index is 0.0315. The molecule has 0 fully saturated rings. The number of alkyl halides is 3. The molecule has 1 heterocycles. The Labute approximate surface area is 224 Å². The van der Waals surface area contributed by atoms with Crippen LogP contribution >= 0.6 is 0 Å². The van der Waals surface area contributed by atoms with Crippen molar-refractivity contribution in [3.05, 3.63) is 42.0 Å². The summed E-state index contributed by atoms with van der Waals surface area (Å²) in [7, 11) is 1.52. The average Bonchev–Trinajstić information content (AvgIpc) is 3.29. The van der Waals surface area contributed by atoms with E-state index in [0.717, 1.165) is 0 Å². The average molecular weight is 573 g/mol. The van der Waals surface area contributed by atoms with E-state index in [1.54, 1.807) is 37.4 Å². The molecule has 0 spiro atoms. The molecular weight excluding hydrogens is 541 g/mol. The number of sulfone groups is 1. The van der Waals surface area contributed by atoms with Crippen LogP contribution in [0.25, 0.3) is 17.1 Å². The predicted octanol–water partition coefficient (Wildman–Crippen LogP) is 3.95. The molecule has 0 aliphatic rings. The molecule has 14 heteroatoms. The lowest BCUT2D eigenvalue weighted by molar-refractivity contribution is -0.156. The Morgan fingerprint density at radius 2 is 1.67 bits per heavy atom. The molecule has 0 amide bonds. The molecule has 0 unspecified atom stereocenters. The molecule has 1 aromatic heterocycles. The maximum Gasteiger partial charge on any atom is 0.446 e. The Morgan fingerprint density at radius 3 is 2.15 bits per heavy atom. The summed E-state index contributed by atoms with van der Waals surface area (Å²) in [5.74, 6) is 0.368. The van der Waals surface area contributed by atoms with Gasteiger partial charge in [-0.25, -0.2) is 8.42 Å². The number of rotatable bonds is 9. The number of hydrogen-bond acceptors (Lipinski definition) is 9. The molecule has 0 bridgehead atoms. The summed E-state index contributed by atoms with van der Waals surface area (Å²) in [6.45, 7) is 4.43. The normalized spacial score (nSPS) is 11.8. The number of aromatic nitrogens is 3. The van der Waals surface area contributed by atoms with Crippen LogP contribution < -0.4 is 4.74 Å². The number of aromatic hydroxyl groups is 2. The van der Waals surface area contributed by atoms with E-state index in [-0.39, 0.29) is 39.7 Å². The van der Waals surface area contributed by atoms with Gasteiger partial charge in [0.25, 0.3) is 5.16 Å². The van der Waals surface area contributed by atoms with Crippen molar-refractivity contribution in [1.29, 1.82) is 0 Å². The second-order valence-corrected chi connectivity index (χ2v) is 11.1. The molecular formula is C25H31F3N4O6S. The van der Waals surface area contributed by atoms with Gasteiger partial charge in [-0.2, -0.15) is 13.2 Å². The van der Waals surface area contributed by atoms with Crippen molar-refractivity contribution < 1.29 is 41.3 Å². The second-order valence-electron chi connectivity index (χ2n) is 9.06. The smallest absolute Gasteiger partial charge is 0.446 e. The van der Waals surface area contributed by atoms with Gasteiger partial charge in [0, 0.05) is 6.07 Å². The summed E-state index contributed by atoms with van der Waals surface area (Å²) in [6, 6.07) is 9.66. The molecule has 0 saturated heterocycles. The van der Waals surface area contributed by atoms with Crippen LogP contribution in [0.15, 0.2) is 41.6 Å². The molecule has 0 aliphatic carbocycles. The highest BCUT2D eigenvalue weighted by atomic mass is 32.2. The number of nitrogens with zero attached hydrogens (tertiary/aromatic N) is 4. The quantitative estimate of drug-likeness (QED) is 0.366. The monoisotopic (exact) mass is 572 g/mol. The van der Waals surface area contributed by atoms with E-state index >= 15 is 0 Å². The van der Waals surface area contributed by atoms with Gasteiger partial charge in [-0.15, -0.1) is 10.2 Å². The zero-order valence-corrected chi connectivity index (χ0v) is 22.9. The fourth-order valence-electron chi connectivity index (χ4n) is 3.51. The van der Waals surface area contributed by atoms with Crippen molar-refractivity contribution in [2.45, 2.75) is 37.5 Å². The summed E-state index contributed by atoms with van der Waals surface area (Å²) in [6.07, 6.45) is -5.27. The molecule has 2 N–H and O–H groups in total. The van der Waals surface area contributed by atoms with Crippen LogP contribution in [0, 0.1) is 0 Å². The number of methoxy groups -OCH3 is 1. The number of halogens is 3. The number of phenols is 2. The number of carbonyl (C=O) groups is 1. The van der Waals surface area contributed by atoms with Crippen molar-refractivity contribution in [2.75, 3.05) is 33.5 Å². The summed E-state index contributed by atoms with van der Waals surface area (Å²) in [5.41, 5.74) is 1.37. The highest BCUT2D eigenvalue weighted by Crippen LogP contribution is 2.38. The fraction of sp³-hybridized carbons (Fsp3) is 0.400.